The number of carbonyl (C=O) groups excluding carboxylic acids is 1. The van der Waals surface area contributed by atoms with Crippen molar-refractivity contribution in [1.82, 2.24) is 0 Å². The molecule has 0 aromatic heterocycles. The molecule has 1 N–H and O–H groups in total. The summed E-state index contributed by atoms with van der Waals surface area (Å²) in [4.78, 5) is 10.6. The second kappa shape index (κ2) is 4.23. The number of rotatable bonds is 3. The topological polar surface area (TPSA) is 55.8 Å². The van der Waals surface area contributed by atoms with Crippen LogP contribution in [-0.2, 0) is 14.3 Å². The zero-order valence-electron chi connectivity index (χ0n) is 6.90. The summed E-state index contributed by atoms with van der Waals surface area (Å²) in [6.45, 7) is -0.0573. The van der Waals surface area contributed by atoms with E-state index in [9.17, 15) is 4.79 Å². The second-order valence-corrected chi connectivity index (χ2v) is 2.61. The minimum atomic E-state index is -0.437. The summed E-state index contributed by atoms with van der Waals surface area (Å²) in [5.74, 6) is -0.398. The van der Waals surface area contributed by atoms with Crippen LogP contribution in [0.5, 0.6) is 0 Å². The molecule has 0 radical (unpaired) electrons. The molecule has 1 rings (SSSR count). The van der Waals surface area contributed by atoms with E-state index in [1.807, 2.05) is 0 Å². The molecule has 68 valence electrons. The van der Waals surface area contributed by atoms with E-state index in [0.29, 0.717) is 6.42 Å². The highest BCUT2D eigenvalue weighted by molar-refractivity contribution is 5.70. The Hall–Kier alpha value is -0.870. The van der Waals surface area contributed by atoms with Gasteiger partial charge in [0.25, 0.3) is 0 Å². The molecule has 0 spiro atoms. The third-order valence-corrected chi connectivity index (χ3v) is 1.66. The number of carbonyl (C=O) groups is 1. The Kier molecular flexibility index (Phi) is 3.25. The van der Waals surface area contributed by atoms with E-state index in [-0.39, 0.29) is 12.7 Å². The van der Waals surface area contributed by atoms with Gasteiger partial charge in [0.2, 0.25) is 0 Å². The van der Waals surface area contributed by atoms with Gasteiger partial charge in [0.05, 0.1) is 19.3 Å². The summed E-state index contributed by atoms with van der Waals surface area (Å²) in [5.41, 5.74) is 0. The molecule has 0 saturated heterocycles. The van der Waals surface area contributed by atoms with Crippen molar-refractivity contribution in [3.05, 3.63) is 12.2 Å². The fraction of sp³-hybridized carbons (Fsp3) is 0.625. The van der Waals surface area contributed by atoms with Gasteiger partial charge in [-0.3, -0.25) is 0 Å². The number of esters is 1. The lowest BCUT2D eigenvalue weighted by molar-refractivity contribution is -0.147. The Morgan fingerprint density at radius 2 is 2.42 bits per heavy atom. The van der Waals surface area contributed by atoms with Crippen LogP contribution in [-0.4, -0.2) is 37.0 Å². The molecule has 0 fully saturated rings. The first-order chi connectivity index (χ1) is 5.72. The molecule has 0 unspecified atom stereocenters. The minimum Gasteiger partial charge on any atom is -0.467 e. The molecular weight excluding hydrogens is 160 g/mol. The van der Waals surface area contributed by atoms with Gasteiger partial charge in [0.1, 0.15) is 6.61 Å². The van der Waals surface area contributed by atoms with E-state index in [1.165, 1.54) is 7.11 Å². The standard InChI is InChI=1S/C8H12O4/c1-11-8(10)5-12-7-3-2-6(9)4-7/h2-3,6-7,9H,4-5H2,1H3/t6-,7-/m0/s1. The second-order valence-electron chi connectivity index (χ2n) is 2.61. The fourth-order valence-electron chi connectivity index (χ4n) is 1.00. The van der Waals surface area contributed by atoms with Crippen molar-refractivity contribution >= 4 is 5.97 Å². The van der Waals surface area contributed by atoms with E-state index in [0.717, 1.165) is 0 Å². The van der Waals surface area contributed by atoms with Crippen LogP contribution in [0, 0.1) is 0 Å². The Labute approximate surface area is 70.8 Å². The molecule has 2 atom stereocenters. The normalized spacial score (nSPS) is 27.5. The van der Waals surface area contributed by atoms with E-state index < -0.39 is 12.1 Å². The van der Waals surface area contributed by atoms with Crippen LogP contribution < -0.4 is 0 Å². The van der Waals surface area contributed by atoms with Crippen LogP contribution >= 0.6 is 0 Å². The molecule has 4 nitrogen and oxygen atoms in total. The summed E-state index contributed by atoms with van der Waals surface area (Å²) in [6, 6.07) is 0. The van der Waals surface area contributed by atoms with Gasteiger partial charge >= 0.3 is 5.97 Å². The number of aliphatic hydroxyl groups excluding tert-OH is 1. The zero-order chi connectivity index (χ0) is 8.97. The summed E-state index contributed by atoms with van der Waals surface area (Å²) >= 11 is 0. The molecule has 0 aromatic carbocycles. The lowest BCUT2D eigenvalue weighted by Gasteiger charge is -2.08. The summed E-state index contributed by atoms with van der Waals surface area (Å²) < 4.78 is 9.49. The maximum Gasteiger partial charge on any atom is 0.331 e. The molecule has 1 aliphatic rings. The number of methoxy groups -OCH3 is 1. The van der Waals surface area contributed by atoms with Crippen molar-refractivity contribution in [3.63, 3.8) is 0 Å². The van der Waals surface area contributed by atoms with Crippen molar-refractivity contribution < 1.29 is 19.4 Å². The first-order valence-electron chi connectivity index (χ1n) is 3.77. The van der Waals surface area contributed by atoms with Gasteiger partial charge in [-0.05, 0) is 0 Å². The monoisotopic (exact) mass is 172 g/mol. The maximum atomic E-state index is 10.6. The highest BCUT2D eigenvalue weighted by atomic mass is 16.6. The average molecular weight is 172 g/mol. The molecule has 0 bridgehead atoms. The molecule has 0 heterocycles. The van der Waals surface area contributed by atoms with Gasteiger partial charge < -0.3 is 14.6 Å². The smallest absolute Gasteiger partial charge is 0.331 e. The highest BCUT2D eigenvalue weighted by Crippen LogP contribution is 2.13. The number of hydrogen-bond acceptors (Lipinski definition) is 4. The summed E-state index contributed by atoms with van der Waals surface area (Å²) in [6.07, 6.45) is 3.33. The number of hydrogen-bond donors (Lipinski definition) is 1. The average Bonchev–Trinajstić information content (AvgIpc) is 2.47. The molecule has 4 heteroatoms. The van der Waals surface area contributed by atoms with Crippen LogP contribution in [0.25, 0.3) is 0 Å². The molecular formula is C8H12O4. The van der Waals surface area contributed by atoms with Gasteiger partial charge in [-0.1, -0.05) is 12.2 Å². The summed E-state index contributed by atoms with van der Waals surface area (Å²) in [7, 11) is 1.31. The molecule has 1 aliphatic carbocycles. The predicted octanol–water partition coefficient (Wildman–Crippen LogP) is -0.135. The SMILES string of the molecule is COC(=O)CO[C@H]1C=C[C@H](O)C1. The van der Waals surface area contributed by atoms with Crippen molar-refractivity contribution in [2.45, 2.75) is 18.6 Å². The lowest BCUT2D eigenvalue weighted by Crippen LogP contribution is -2.17. The van der Waals surface area contributed by atoms with Crippen molar-refractivity contribution in [2.75, 3.05) is 13.7 Å². The largest absolute Gasteiger partial charge is 0.467 e. The van der Waals surface area contributed by atoms with Crippen molar-refractivity contribution in [1.29, 1.82) is 0 Å². The van der Waals surface area contributed by atoms with Crippen LogP contribution in [0.2, 0.25) is 0 Å². The van der Waals surface area contributed by atoms with Gasteiger partial charge in [-0.2, -0.15) is 0 Å². The predicted molar refractivity (Wildman–Crippen MR) is 41.5 cm³/mol. The fourth-order valence-corrected chi connectivity index (χ4v) is 1.00. The number of aliphatic hydroxyl groups is 1. The van der Waals surface area contributed by atoms with E-state index >= 15 is 0 Å². The van der Waals surface area contributed by atoms with Crippen LogP contribution in [0.15, 0.2) is 12.2 Å². The first kappa shape index (κ1) is 9.22. The van der Waals surface area contributed by atoms with Gasteiger partial charge in [0.15, 0.2) is 0 Å². The van der Waals surface area contributed by atoms with Crippen LogP contribution in [0.1, 0.15) is 6.42 Å². The maximum absolute atomic E-state index is 10.6. The molecule has 0 aliphatic heterocycles. The molecule has 12 heavy (non-hydrogen) atoms. The van der Waals surface area contributed by atoms with Crippen LogP contribution in [0.4, 0.5) is 0 Å². The Morgan fingerprint density at radius 1 is 1.67 bits per heavy atom. The minimum absolute atomic E-state index is 0.0573. The third-order valence-electron chi connectivity index (χ3n) is 1.66. The van der Waals surface area contributed by atoms with Gasteiger partial charge in [0, 0.05) is 6.42 Å². The lowest BCUT2D eigenvalue weighted by atomic mass is 10.3. The first-order valence-corrected chi connectivity index (χ1v) is 3.77. The highest BCUT2D eigenvalue weighted by Gasteiger charge is 2.17. The van der Waals surface area contributed by atoms with Crippen LogP contribution in [0.3, 0.4) is 0 Å². The van der Waals surface area contributed by atoms with Gasteiger partial charge in [-0.25, -0.2) is 4.79 Å². The molecule has 0 saturated carbocycles. The van der Waals surface area contributed by atoms with Gasteiger partial charge in [-0.15, -0.1) is 0 Å². The van der Waals surface area contributed by atoms with Crippen molar-refractivity contribution in [2.24, 2.45) is 0 Å². The van der Waals surface area contributed by atoms with E-state index in [4.69, 9.17) is 9.84 Å². The third kappa shape index (κ3) is 2.64. The zero-order valence-corrected chi connectivity index (χ0v) is 6.90. The van der Waals surface area contributed by atoms with Crippen molar-refractivity contribution in [3.8, 4) is 0 Å². The molecule has 0 amide bonds. The summed E-state index contributed by atoms with van der Waals surface area (Å²) in [5, 5.41) is 9.04. The molecule has 0 aromatic rings. The quantitative estimate of drug-likeness (QED) is 0.475. The van der Waals surface area contributed by atoms with E-state index in [2.05, 4.69) is 4.74 Å². The van der Waals surface area contributed by atoms with E-state index in [1.54, 1.807) is 12.2 Å². The number of ether oxygens (including phenoxy) is 2. The Morgan fingerprint density at radius 3 is 2.92 bits per heavy atom. The Balaban J connectivity index is 2.17. The Bertz CT molecular complexity index is 187.